The number of H-pyrrole nitrogens is 1. The van der Waals surface area contributed by atoms with Crippen LogP contribution in [0.2, 0.25) is 0 Å². The second-order valence-corrected chi connectivity index (χ2v) is 6.23. The van der Waals surface area contributed by atoms with Gasteiger partial charge in [0.05, 0.1) is 19.4 Å². The van der Waals surface area contributed by atoms with Crippen molar-refractivity contribution in [2.24, 2.45) is 0 Å². The summed E-state index contributed by atoms with van der Waals surface area (Å²) >= 11 is 0. The summed E-state index contributed by atoms with van der Waals surface area (Å²) in [5.74, 6) is 0. The molecule has 1 aliphatic heterocycles. The molecular weight excluding hydrogens is 288 g/mol. The summed E-state index contributed by atoms with van der Waals surface area (Å²) in [6.07, 6.45) is 1.90. The predicted octanol–water partition coefficient (Wildman–Crippen LogP) is 2.19. The van der Waals surface area contributed by atoms with E-state index in [4.69, 9.17) is 4.74 Å². The molecule has 5 heteroatoms. The highest BCUT2D eigenvalue weighted by molar-refractivity contribution is 5.25. The number of benzene rings is 1. The molecule has 2 N–H and O–H groups in total. The first kappa shape index (κ1) is 16.2. The molecule has 2 aromatic rings. The molecule has 0 spiro atoms. The Morgan fingerprint density at radius 1 is 1.30 bits per heavy atom. The van der Waals surface area contributed by atoms with Crippen LogP contribution in [0, 0.1) is 13.8 Å². The monoisotopic (exact) mass is 314 g/mol. The molecule has 1 atom stereocenters. The number of aryl methyl sites for hydroxylation is 2. The van der Waals surface area contributed by atoms with Crippen LogP contribution in [0.3, 0.4) is 0 Å². The summed E-state index contributed by atoms with van der Waals surface area (Å²) < 4.78 is 5.51. The van der Waals surface area contributed by atoms with Crippen molar-refractivity contribution >= 4 is 0 Å². The molecule has 124 valence electrons. The molecule has 1 aromatic carbocycles. The van der Waals surface area contributed by atoms with Crippen LogP contribution in [0.1, 0.15) is 28.4 Å². The van der Waals surface area contributed by atoms with Gasteiger partial charge >= 0.3 is 0 Å². The number of nitrogens with zero attached hydrogens (tertiary/aromatic N) is 2. The van der Waals surface area contributed by atoms with Gasteiger partial charge in [-0.3, -0.25) is 10.00 Å². The topological polar surface area (TPSA) is 53.2 Å². The summed E-state index contributed by atoms with van der Waals surface area (Å²) in [6.45, 7) is 9.61. The van der Waals surface area contributed by atoms with Gasteiger partial charge in [0.25, 0.3) is 0 Å². The summed E-state index contributed by atoms with van der Waals surface area (Å²) in [6, 6.07) is 9.22. The van der Waals surface area contributed by atoms with E-state index in [1.165, 1.54) is 16.7 Å². The van der Waals surface area contributed by atoms with E-state index in [9.17, 15) is 0 Å². The van der Waals surface area contributed by atoms with Crippen molar-refractivity contribution < 1.29 is 4.74 Å². The summed E-state index contributed by atoms with van der Waals surface area (Å²) in [5.41, 5.74) is 5.06. The van der Waals surface area contributed by atoms with Crippen LogP contribution in [0.25, 0.3) is 0 Å². The number of nitrogens with one attached hydrogen (secondary N) is 2. The van der Waals surface area contributed by atoms with E-state index < -0.39 is 0 Å². The molecule has 1 aromatic heterocycles. The van der Waals surface area contributed by atoms with Gasteiger partial charge in [0.1, 0.15) is 0 Å². The zero-order valence-corrected chi connectivity index (χ0v) is 14.0. The fraction of sp³-hybridized carbons (Fsp3) is 0.500. The van der Waals surface area contributed by atoms with Gasteiger partial charge in [-0.2, -0.15) is 5.10 Å². The Balaban J connectivity index is 1.68. The van der Waals surface area contributed by atoms with Gasteiger partial charge in [0.2, 0.25) is 0 Å². The van der Waals surface area contributed by atoms with Crippen molar-refractivity contribution in [1.82, 2.24) is 20.4 Å². The third-order valence-electron chi connectivity index (χ3n) is 4.50. The molecule has 1 fully saturated rings. The number of aromatic nitrogens is 2. The van der Waals surface area contributed by atoms with E-state index >= 15 is 0 Å². The Labute approximate surface area is 138 Å². The molecule has 2 heterocycles. The largest absolute Gasteiger partial charge is 0.379 e. The lowest BCUT2D eigenvalue weighted by Crippen LogP contribution is -2.42. The summed E-state index contributed by atoms with van der Waals surface area (Å²) in [4.78, 5) is 2.52. The fourth-order valence-corrected chi connectivity index (χ4v) is 3.12. The van der Waals surface area contributed by atoms with Gasteiger partial charge in [0, 0.05) is 43.5 Å². The van der Waals surface area contributed by atoms with E-state index in [1.54, 1.807) is 0 Å². The minimum atomic E-state index is 0.381. The lowest BCUT2D eigenvalue weighted by atomic mass is 10.0. The molecule has 0 aliphatic carbocycles. The maximum atomic E-state index is 5.51. The van der Waals surface area contributed by atoms with Crippen molar-refractivity contribution in [2.75, 3.05) is 32.8 Å². The summed E-state index contributed by atoms with van der Waals surface area (Å²) in [7, 11) is 0. The van der Waals surface area contributed by atoms with Gasteiger partial charge in [0.15, 0.2) is 0 Å². The van der Waals surface area contributed by atoms with E-state index in [2.05, 4.69) is 58.5 Å². The van der Waals surface area contributed by atoms with E-state index in [0.29, 0.717) is 6.04 Å². The van der Waals surface area contributed by atoms with Crippen LogP contribution in [-0.4, -0.2) is 47.9 Å². The molecule has 0 radical (unpaired) electrons. The maximum Gasteiger partial charge on any atom is 0.0594 e. The third kappa shape index (κ3) is 4.19. The molecule has 5 nitrogen and oxygen atoms in total. The van der Waals surface area contributed by atoms with Crippen LogP contribution >= 0.6 is 0 Å². The first-order valence-electron chi connectivity index (χ1n) is 8.32. The first-order chi connectivity index (χ1) is 11.2. The number of aromatic amines is 1. The second-order valence-electron chi connectivity index (χ2n) is 6.23. The molecular formula is C18H26N4O. The van der Waals surface area contributed by atoms with Crippen molar-refractivity contribution in [2.45, 2.75) is 26.4 Å². The number of hydrogen-bond donors (Lipinski definition) is 2. The highest BCUT2D eigenvalue weighted by atomic mass is 16.5. The Morgan fingerprint density at radius 2 is 2.13 bits per heavy atom. The first-order valence-corrected chi connectivity index (χ1v) is 8.32. The fourth-order valence-electron chi connectivity index (χ4n) is 3.12. The van der Waals surface area contributed by atoms with Gasteiger partial charge in [-0.15, -0.1) is 0 Å². The highest BCUT2D eigenvalue weighted by Gasteiger charge is 2.22. The standard InChI is InChI=1S/C18H26N4O/c1-14-4-3-5-16(10-14)18(22-6-8-23-9-7-22)13-19-11-17-12-20-21-15(17)2/h3-5,10,12,18-19H,6-9,11,13H2,1-2H3,(H,20,21)/t18-/m0/s1. The van der Waals surface area contributed by atoms with Crippen LogP contribution in [0.4, 0.5) is 0 Å². The Bertz CT molecular complexity index is 619. The van der Waals surface area contributed by atoms with E-state index in [-0.39, 0.29) is 0 Å². The zero-order valence-electron chi connectivity index (χ0n) is 14.0. The highest BCUT2D eigenvalue weighted by Crippen LogP contribution is 2.22. The lowest BCUT2D eigenvalue weighted by molar-refractivity contribution is 0.0161. The van der Waals surface area contributed by atoms with Crippen molar-refractivity contribution in [3.05, 3.63) is 52.8 Å². The summed E-state index contributed by atoms with van der Waals surface area (Å²) in [5, 5.41) is 10.7. The van der Waals surface area contributed by atoms with Gasteiger partial charge in [-0.1, -0.05) is 29.8 Å². The van der Waals surface area contributed by atoms with E-state index in [1.807, 2.05) is 6.20 Å². The van der Waals surface area contributed by atoms with Crippen molar-refractivity contribution in [1.29, 1.82) is 0 Å². The zero-order chi connectivity index (χ0) is 16.1. The maximum absolute atomic E-state index is 5.51. The molecule has 1 aliphatic rings. The van der Waals surface area contributed by atoms with E-state index in [0.717, 1.165) is 45.1 Å². The quantitative estimate of drug-likeness (QED) is 0.858. The van der Waals surface area contributed by atoms with Crippen LogP contribution in [0.15, 0.2) is 30.5 Å². The number of rotatable bonds is 6. The smallest absolute Gasteiger partial charge is 0.0594 e. The minimum absolute atomic E-state index is 0.381. The molecule has 0 unspecified atom stereocenters. The van der Waals surface area contributed by atoms with Crippen molar-refractivity contribution in [3.8, 4) is 0 Å². The van der Waals surface area contributed by atoms with Crippen molar-refractivity contribution in [3.63, 3.8) is 0 Å². The molecule has 3 rings (SSSR count). The molecule has 23 heavy (non-hydrogen) atoms. The molecule has 0 saturated carbocycles. The van der Waals surface area contributed by atoms with Gasteiger partial charge < -0.3 is 10.1 Å². The second kappa shape index (κ2) is 7.73. The average Bonchev–Trinajstić information content (AvgIpc) is 2.97. The molecule has 0 amide bonds. The third-order valence-corrected chi connectivity index (χ3v) is 4.50. The SMILES string of the molecule is Cc1cccc([C@H](CNCc2cn[nH]c2C)N2CCOCC2)c1. The Kier molecular flexibility index (Phi) is 5.43. The lowest BCUT2D eigenvalue weighted by Gasteiger charge is -2.35. The number of ether oxygens (including phenoxy) is 1. The average molecular weight is 314 g/mol. The number of hydrogen-bond acceptors (Lipinski definition) is 4. The molecule has 1 saturated heterocycles. The number of morpholine rings is 1. The van der Waals surface area contributed by atoms with Gasteiger partial charge in [-0.25, -0.2) is 0 Å². The van der Waals surface area contributed by atoms with Crippen LogP contribution in [0.5, 0.6) is 0 Å². The van der Waals surface area contributed by atoms with Crippen LogP contribution < -0.4 is 5.32 Å². The Hall–Kier alpha value is -1.69. The van der Waals surface area contributed by atoms with Gasteiger partial charge in [-0.05, 0) is 19.4 Å². The minimum Gasteiger partial charge on any atom is -0.379 e. The predicted molar refractivity (Wildman–Crippen MR) is 91.3 cm³/mol. The normalized spacial score (nSPS) is 17.3. The molecule has 0 bridgehead atoms. The Morgan fingerprint density at radius 3 is 2.83 bits per heavy atom. The van der Waals surface area contributed by atoms with Crippen LogP contribution in [-0.2, 0) is 11.3 Å².